The van der Waals surface area contributed by atoms with E-state index in [0.717, 1.165) is 56.1 Å². The zero-order valence-corrected chi connectivity index (χ0v) is 16.2. The van der Waals surface area contributed by atoms with Gasteiger partial charge in [-0.3, -0.25) is 15.5 Å². The molecule has 4 atom stereocenters. The summed E-state index contributed by atoms with van der Waals surface area (Å²) in [4.78, 5) is 2.64. The molecule has 0 radical (unpaired) electrons. The number of nitrogens with zero attached hydrogens (tertiary/aromatic N) is 1. The summed E-state index contributed by atoms with van der Waals surface area (Å²) in [6.45, 7) is 4.93. The third-order valence-corrected chi connectivity index (χ3v) is 7.53. The van der Waals surface area contributed by atoms with Crippen LogP contribution < -0.4 is 10.6 Å². The molecule has 3 aliphatic heterocycles. The van der Waals surface area contributed by atoms with Crippen LogP contribution in [0.15, 0.2) is 24.3 Å². The normalized spacial score (nSPS) is 40.8. The molecule has 3 heterocycles. The second kappa shape index (κ2) is 6.75. The SMILES string of the molecule is Clc1cccc(C2(N3CCC4CCCCC4C3)OCCNC23CCN3)c1. The number of rotatable bonds is 2. The van der Waals surface area contributed by atoms with Crippen molar-refractivity contribution in [1.29, 1.82) is 0 Å². The number of fused-ring (bicyclic) bond motifs is 1. The van der Waals surface area contributed by atoms with E-state index in [1.165, 1.54) is 37.7 Å². The van der Waals surface area contributed by atoms with Gasteiger partial charge in [0, 0.05) is 36.8 Å². The van der Waals surface area contributed by atoms with E-state index >= 15 is 0 Å². The molecule has 1 aromatic carbocycles. The van der Waals surface area contributed by atoms with Crippen LogP contribution in [-0.4, -0.2) is 43.3 Å². The number of benzene rings is 1. The van der Waals surface area contributed by atoms with Crippen molar-refractivity contribution in [1.82, 2.24) is 15.5 Å². The van der Waals surface area contributed by atoms with Crippen LogP contribution in [0.3, 0.4) is 0 Å². The molecule has 5 rings (SSSR count). The topological polar surface area (TPSA) is 36.5 Å². The van der Waals surface area contributed by atoms with E-state index in [9.17, 15) is 0 Å². The van der Waals surface area contributed by atoms with E-state index < -0.39 is 5.72 Å². The standard InChI is InChI=1S/C21H30ClN3O/c22-19-7-3-6-18(14-19)21(20(9-10-23-20)24-11-13-26-21)25-12-8-16-4-1-2-5-17(16)15-25/h3,6-7,14,16-17,23-24H,1-2,4-5,8-13,15H2. The number of ether oxygens (including phenoxy) is 1. The van der Waals surface area contributed by atoms with Gasteiger partial charge in [0.15, 0.2) is 5.72 Å². The van der Waals surface area contributed by atoms with E-state index in [0.29, 0.717) is 0 Å². The average molecular weight is 376 g/mol. The fourth-order valence-electron chi connectivity index (χ4n) is 5.98. The van der Waals surface area contributed by atoms with Crippen molar-refractivity contribution >= 4 is 11.6 Å². The van der Waals surface area contributed by atoms with Gasteiger partial charge in [0.25, 0.3) is 0 Å². The van der Waals surface area contributed by atoms with Crippen molar-refractivity contribution in [3.8, 4) is 0 Å². The first-order valence-electron chi connectivity index (χ1n) is 10.4. The lowest BCUT2D eigenvalue weighted by Gasteiger charge is -2.64. The highest BCUT2D eigenvalue weighted by molar-refractivity contribution is 6.30. The molecule has 4 nitrogen and oxygen atoms in total. The minimum atomic E-state index is -0.461. The fraction of sp³-hybridized carbons (Fsp3) is 0.714. The molecule has 0 amide bonds. The van der Waals surface area contributed by atoms with Gasteiger partial charge in [0.05, 0.1) is 6.61 Å². The van der Waals surface area contributed by atoms with E-state index in [1.54, 1.807) is 0 Å². The lowest BCUT2D eigenvalue weighted by molar-refractivity contribution is -0.273. The van der Waals surface area contributed by atoms with Crippen LogP contribution in [0.5, 0.6) is 0 Å². The number of halogens is 1. The zero-order valence-electron chi connectivity index (χ0n) is 15.5. The Labute approximate surface area is 161 Å². The molecule has 2 N–H and O–H groups in total. The maximum atomic E-state index is 6.73. The maximum Gasteiger partial charge on any atom is 0.179 e. The number of piperidine rings is 1. The monoisotopic (exact) mass is 375 g/mol. The van der Waals surface area contributed by atoms with Gasteiger partial charge in [-0.15, -0.1) is 0 Å². The fourth-order valence-corrected chi connectivity index (χ4v) is 6.17. The Hall–Kier alpha value is -0.650. The van der Waals surface area contributed by atoms with Gasteiger partial charge in [-0.2, -0.15) is 0 Å². The molecule has 1 aliphatic carbocycles. The van der Waals surface area contributed by atoms with Gasteiger partial charge in [0.1, 0.15) is 5.66 Å². The molecule has 3 saturated heterocycles. The summed E-state index contributed by atoms with van der Waals surface area (Å²) in [6, 6.07) is 8.34. The van der Waals surface area contributed by atoms with Crippen LogP contribution >= 0.6 is 11.6 Å². The Bertz CT molecular complexity index is 664. The first-order chi connectivity index (χ1) is 12.7. The molecule has 4 aliphatic rings. The summed E-state index contributed by atoms with van der Waals surface area (Å²) in [5.41, 5.74) is 0.535. The average Bonchev–Trinajstić information content (AvgIpc) is 2.66. The molecule has 1 spiro atoms. The van der Waals surface area contributed by atoms with Crippen molar-refractivity contribution in [3.05, 3.63) is 34.9 Å². The molecular weight excluding hydrogens is 346 g/mol. The van der Waals surface area contributed by atoms with Crippen molar-refractivity contribution in [3.63, 3.8) is 0 Å². The Morgan fingerprint density at radius 2 is 1.92 bits per heavy atom. The summed E-state index contributed by atoms with van der Waals surface area (Å²) in [7, 11) is 0. The van der Waals surface area contributed by atoms with Gasteiger partial charge in [-0.25, -0.2) is 0 Å². The molecule has 142 valence electrons. The quantitative estimate of drug-likeness (QED) is 0.831. The van der Waals surface area contributed by atoms with Crippen molar-refractivity contribution in [2.24, 2.45) is 11.8 Å². The predicted octanol–water partition coefficient (Wildman–Crippen LogP) is 3.31. The van der Waals surface area contributed by atoms with E-state index in [4.69, 9.17) is 16.3 Å². The minimum Gasteiger partial charge on any atom is -0.351 e. The van der Waals surface area contributed by atoms with Gasteiger partial charge in [-0.1, -0.05) is 43.0 Å². The van der Waals surface area contributed by atoms with E-state index in [1.807, 2.05) is 6.07 Å². The molecule has 1 saturated carbocycles. The second-order valence-corrected chi connectivity index (χ2v) is 8.99. The number of hydrogen-bond acceptors (Lipinski definition) is 4. The van der Waals surface area contributed by atoms with Crippen LogP contribution in [-0.2, 0) is 10.5 Å². The first kappa shape index (κ1) is 17.4. The molecular formula is C21H30ClN3O. The summed E-state index contributed by atoms with van der Waals surface area (Å²) in [6.07, 6.45) is 7.99. The second-order valence-electron chi connectivity index (χ2n) is 8.55. The maximum absolute atomic E-state index is 6.73. The number of nitrogens with one attached hydrogen (secondary N) is 2. The van der Waals surface area contributed by atoms with Gasteiger partial charge in [0.2, 0.25) is 0 Å². The number of morpholine rings is 1. The molecule has 0 aromatic heterocycles. The molecule has 4 fully saturated rings. The minimum absolute atomic E-state index is 0.197. The molecule has 26 heavy (non-hydrogen) atoms. The third-order valence-electron chi connectivity index (χ3n) is 7.30. The van der Waals surface area contributed by atoms with Crippen LogP contribution in [0.4, 0.5) is 0 Å². The van der Waals surface area contributed by atoms with Crippen LogP contribution in [0.1, 0.15) is 44.1 Å². The van der Waals surface area contributed by atoms with Crippen molar-refractivity contribution in [2.75, 3.05) is 32.8 Å². The third kappa shape index (κ3) is 2.57. The van der Waals surface area contributed by atoms with Crippen molar-refractivity contribution < 1.29 is 4.74 Å². The molecule has 5 heteroatoms. The van der Waals surface area contributed by atoms with E-state index in [-0.39, 0.29) is 5.66 Å². The molecule has 4 unspecified atom stereocenters. The van der Waals surface area contributed by atoms with Crippen LogP contribution in [0, 0.1) is 11.8 Å². The first-order valence-corrected chi connectivity index (χ1v) is 10.8. The number of hydrogen-bond donors (Lipinski definition) is 2. The summed E-state index contributed by atoms with van der Waals surface area (Å²) in [5, 5.41) is 8.30. The van der Waals surface area contributed by atoms with Crippen LogP contribution in [0.25, 0.3) is 0 Å². The lowest BCUT2D eigenvalue weighted by Crippen LogP contribution is -2.83. The Balaban J connectivity index is 1.56. The highest BCUT2D eigenvalue weighted by Gasteiger charge is 2.62. The van der Waals surface area contributed by atoms with Gasteiger partial charge >= 0.3 is 0 Å². The largest absolute Gasteiger partial charge is 0.351 e. The Morgan fingerprint density at radius 1 is 1.08 bits per heavy atom. The summed E-state index contributed by atoms with van der Waals surface area (Å²) >= 11 is 6.42. The van der Waals surface area contributed by atoms with Crippen LogP contribution in [0.2, 0.25) is 5.02 Å². The van der Waals surface area contributed by atoms with Crippen molar-refractivity contribution in [2.45, 2.75) is 49.9 Å². The predicted molar refractivity (Wildman–Crippen MR) is 104 cm³/mol. The lowest BCUT2D eigenvalue weighted by atomic mass is 9.72. The molecule has 1 aromatic rings. The summed E-state index contributed by atoms with van der Waals surface area (Å²) < 4.78 is 6.73. The van der Waals surface area contributed by atoms with Gasteiger partial charge < -0.3 is 4.74 Å². The Morgan fingerprint density at radius 3 is 2.69 bits per heavy atom. The highest BCUT2D eigenvalue weighted by Crippen LogP contribution is 2.49. The Kier molecular flexibility index (Phi) is 4.53. The van der Waals surface area contributed by atoms with E-state index in [2.05, 4.69) is 33.7 Å². The highest BCUT2D eigenvalue weighted by atomic mass is 35.5. The molecule has 0 bridgehead atoms. The smallest absolute Gasteiger partial charge is 0.179 e. The zero-order chi connectivity index (χ0) is 17.6. The number of likely N-dealkylation sites (tertiary alicyclic amines) is 1. The van der Waals surface area contributed by atoms with Gasteiger partial charge in [-0.05, 0) is 43.2 Å². The summed E-state index contributed by atoms with van der Waals surface area (Å²) in [5.74, 6) is 1.73.